The average molecular weight is 479 g/mol. The highest BCUT2D eigenvalue weighted by Gasteiger charge is 2.33. The zero-order valence-corrected chi connectivity index (χ0v) is 20.1. The molecule has 5 rings (SSSR count). The van der Waals surface area contributed by atoms with Crippen LogP contribution in [-0.2, 0) is 43.6 Å². The largest absolute Gasteiger partial charge is 0.347 e. The van der Waals surface area contributed by atoms with Crippen LogP contribution in [0.4, 0.5) is 0 Å². The molecule has 4 aromatic rings. The first-order chi connectivity index (χ1) is 16.3. The number of rotatable bonds is 5. The summed E-state index contributed by atoms with van der Waals surface area (Å²) in [5, 5.41) is 8.30. The Balaban J connectivity index is 1.38. The Hall–Kier alpha value is -3.50. The number of aryl methyl sites for hydroxylation is 1. The minimum Gasteiger partial charge on any atom is -0.347 e. The highest BCUT2D eigenvalue weighted by atomic mass is 32.2. The normalized spacial score (nSPS) is 14.3. The molecule has 0 atom stereocenters. The Bertz CT molecular complexity index is 1510. The maximum absolute atomic E-state index is 13.5. The number of benzene rings is 1. The second-order valence-electron chi connectivity index (χ2n) is 8.57. The van der Waals surface area contributed by atoms with Crippen LogP contribution in [0.25, 0.3) is 10.9 Å². The number of nitrogens with zero attached hydrogens (tertiary/aromatic N) is 5. The average Bonchev–Trinajstić information content (AvgIpc) is 3.35. The van der Waals surface area contributed by atoms with E-state index in [0.29, 0.717) is 30.9 Å². The third kappa shape index (κ3) is 3.78. The van der Waals surface area contributed by atoms with Crippen LogP contribution >= 0.6 is 0 Å². The molecule has 1 aromatic carbocycles. The van der Waals surface area contributed by atoms with Crippen LogP contribution in [0.15, 0.2) is 53.7 Å². The molecule has 0 saturated heterocycles. The molecular weight excluding hydrogens is 452 g/mol. The van der Waals surface area contributed by atoms with E-state index < -0.39 is 10.0 Å². The molecule has 176 valence electrons. The van der Waals surface area contributed by atoms with Gasteiger partial charge in [0.25, 0.3) is 5.91 Å². The quantitative estimate of drug-likeness (QED) is 0.474. The summed E-state index contributed by atoms with van der Waals surface area (Å²) in [4.78, 5) is 17.5. The molecule has 0 unspecified atom stereocenters. The minimum atomic E-state index is -3.77. The van der Waals surface area contributed by atoms with Crippen molar-refractivity contribution in [2.75, 3.05) is 6.54 Å². The van der Waals surface area contributed by atoms with Crippen LogP contribution in [0.5, 0.6) is 0 Å². The SMILES string of the molecule is Cc1c(S(=O)(=O)N2CCc3nn(C)cc3C2)cc(C(=O)NCc2cccc3ncccc23)n1C. The van der Waals surface area contributed by atoms with Crippen LogP contribution in [0.2, 0.25) is 0 Å². The molecule has 0 saturated carbocycles. The fourth-order valence-corrected chi connectivity index (χ4v) is 6.20. The van der Waals surface area contributed by atoms with Crippen molar-refractivity contribution >= 4 is 26.8 Å². The predicted molar refractivity (Wildman–Crippen MR) is 128 cm³/mol. The van der Waals surface area contributed by atoms with Gasteiger partial charge in [0, 0.05) is 69.2 Å². The first-order valence-electron chi connectivity index (χ1n) is 11.0. The summed E-state index contributed by atoms with van der Waals surface area (Å²) in [5.41, 5.74) is 4.47. The van der Waals surface area contributed by atoms with Gasteiger partial charge in [0.1, 0.15) is 10.6 Å². The molecule has 1 N–H and O–H groups in total. The molecule has 3 aromatic heterocycles. The Morgan fingerprint density at radius 2 is 2.00 bits per heavy atom. The highest BCUT2D eigenvalue weighted by molar-refractivity contribution is 7.89. The smallest absolute Gasteiger partial charge is 0.268 e. The van der Waals surface area contributed by atoms with Crippen molar-refractivity contribution in [3.8, 4) is 0 Å². The number of pyridine rings is 1. The summed E-state index contributed by atoms with van der Waals surface area (Å²) >= 11 is 0. The Labute approximate surface area is 198 Å². The van der Waals surface area contributed by atoms with Crippen molar-refractivity contribution in [3.63, 3.8) is 0 Å². The molecule has 10 heteroatoms. The lowest BCUT2D eigenvalue weighted by molar-refractivity contribution is 0.0942. The number of nitrogens with one attached hydrogen (secondary N) is 1. The molecule has 4 heterocycles. The molecule has 9 nitrogen and oxygen atoms in total. The van der Waals surface area contributed by atoms with Gasteiger partial charge in [0.15, 0.2) is 0 Å². The fraction of sp³-hybridized carbons (Fsp3) is 0.292. The fourth-order valence-electron chi connectivity index (χ4n) is 4.51. The number of hydrogen-bond donors (Lipinski definition) is 1. The summed E-state index contributed by atoms with van der Waals surface area (Å²) in [6, 6.07) is 11.1. The number of amides is 1. The molecule has 0 fully saturated rings. The molecule has 0 spiro atoms. The molecular formula is C24H26N6O3S. The van der Waals surface area contributed by atoms with E-state index in [-0.39, 0.29) is 17.3 Å². The Kier molecular flexibility index (Phi) is 5.49. The number of aromatic nitrogens is 4. The van der Waals surface area contributed by atoms with E-state index in [1.54, 1.807) is 29.4 Å². The Morgan fingerprint density at radius 1 is 1.18 bits per heavy atom. The van der Waals surface area contributed by atoms with Crippen molar-refractivity contribution in [2.45, 2.75) is 31.3 Å². The van der Waals surface area contributed by atoms with E-state index >= 15 is 0 Å². The maximum atomic E-state index is 13.5. The van der Waals surface area contributed by atoms with E-state index in [2.05, 4.69) is 15.4 Å². The van der Waals surface area contributed by atoms with E-state index in [4.69, 9.17) is 0 Å². The summed E-state index contributed by atoms with van der Waals surface area (Å²) in [6.07, 6.45) is 4.15. The van der Waals surface area contributed by atoms with Crippen LogP contribution in [0.1, 0.15) is 33.0 Å². The molecule has 0 radical (unpaired) electrons. The first kappa shape index (κ1) is 22.3. The van der Waals surface area contributed by atoms with Crippen molar-refractivity contribution in [1.29, 1.82) is 0 Å². The topological polar surface area (TPSA) is 102 Å². The third-order valence-corrected chi connectivity index (χ3v) is 8.41. The van der Waals surface area contributed by atoms with Crippen molar-refractivity contribution < 1.29 is 13.2 Å². The van der Waals surface area contributed by atoms with E-state index in [1.165, 1.54) is 10.4 Å². The van der Waals surface area contributed by atoms with Gasteiger partial charge in [-0.3, -0.25) is 14.5 Å². The highest BCUT2D eigenvalue weighted by Crippen LogP contribution is 2.28. The molecule has 1 amide bonds. The maximum Gasteiger partial charge on any atom is 0.268 e. The summed E-state index contributed by atoms with van der Waals surface area (Å²) in [5.74, 6) is -0.332. The van der Waals surface area contributed by atoms with Crippen molar-refractivity contribution in [1.82, 2.24) is 29.0 Å². The molecule has 1 aliphatic heterocycles. The molecule has 34 heavy (non-hydrogen) atoms. The van der Waals surface area contributed by atoms with Gasteiger partial charge in [-0.2, -0.15) is 9.40 Å². The van der Waals surface area contributed by atoms with Crippen LogP contribution in [-0.4, -0.2) is 44.5 Å². The van der Waals surface area contributed by atoms with E-state index in [1.807, 2.05) is 43.6 Å². The molecule has 0 aliphatic carbocycles. The third-order valence-electron chi connectivity index (χ3n) is 6.45. The van der Waals surface area contributed by atoms with Gasteiger partial charge in [0.05, 0.1) is 11.2 Å². The second-order valence-corrected chi connectivity index (χ2v) is 10.5. The van der Waals surface area contributed by atoms with E-state index in [9.17, 15) is 13.2 Å². The van der Waals surface area contributed by atoms with E-state index in [0.717, 1.165) is 27.7 Å². The molecule has 0 bridgehead atoms. The lowest BCUT2D eigenvalue weighted by Gasteiger charge is -2.25. The van der Waals surface area contributed by atoms with Gasteiger partial charge >= 0.3 is 0 Å². The lowest BCUT2D eigenvalue weighted by atomic mass is 10.1. The first-order valence-corrected chi connectivity index (χ1v) is 12.5. The standard InChI is InChI=1S/C24H26N6O3S/c1-16-23(34(32,33)30-11-9-20-18(15-30)14-28(2)27-20)12-22(29(16)3)24(31)26-13-17-6-4-8-21-19(17)7-5-10-25-21/h4-8,10,12,14H,9,11,13,15H2,1-3H3,(H,26,31). The van der Waals surface area contributed by atoms with Crippen LogP contribution in [0, 0.1) is 6.92 Å². The predicted octanol–water partition coefficient (Wildman–Crippen LogP) is 2.29. The minimum absolute atomic E-state index is 0.154. The monoisotopic (exact) mass is 478 g/mol. The van der Waals surface area contributed by atoms with Gasteiger partial charge in [0.2, 0.25) is 10.0 Å². The van der Waals surface area contributed by atoms with Crippen molar-refractivity contribution in [2.24, 2.45) is 14.1 Å². The second kappa shape index (κ2) is 8.37. The number of hydrogen-bond acceptors (Lipinski definition) is 5. The summed E-state index contributed by atoms with van der Waals surface area (Å²) in [7, 11) is -0.230. The number of carbonyl (C=O) groups is 1. The van der Waals surface area contributed by atoms with Gasteiger partial charge < -0.3 is 9.88 Å². The van der Waals surface area contributed by atoms with Gasteiger partial charge in [-0.05, 0) is 30.7 Å². The van der Waals surface area contributed by atoms with Gasteiger partial charge in [-0.25, -0.2) is 8.42 Å². The number of fused-ring (bicyclic) bond motifs is 2. The van der Waals surface area contributed by atoms with Gasteiger partial charge in [-0.1, -0.05) is 18.2 Å². The number of sulfonamides is 1. The lowest BCUT2D eigenvalue weighted by Crippen LogP contribution is -2.35. The summed E-state index contributed by atoms with van der Waals surface area (Å²) < 4.78 is 31.8. The summed E-state index contributed by atoms with van der Waals surface area (Å²) in [6.45, 7) is 2.66. The Morgan fingerprint density at radius 3 is 2.82 bits per heavy atom. The molecule has 1 aliphatic rings. The zero-order valence-electron chi connectivity index (χ0n) is 19.3. The van der Waals surface area contributed by atoms with Crippen LogP contribution < -0.4 is 5.32 Å². The number of carbonyl (C=O) groups excluding carboxylic acids is 1. The van der Waals surface area contributed by atoms with Gasteiger partial charge in [-0.15, -0.1) is 0 Å². The van der Waals surface area contributed by atoms with Crippen LogP contribution in [0.3, 0.4) is 0 Å². The van der Waals surface area contributed by atoms with Crippen molar-refractivity contribution in [3.05, 3.63) is 77.0 Å². The zero-order chi connectivity index (χ0) is 24.0.